The van der Waals surface area contributed by atoms with Gasteiger partial charge in [0, 0.05) is 17.4 Å². The topological polar surface area (TPSA) is 83.5 Å². The zero-order chi connectivity index (χ0) is 18.3. The highest BCUT2D eigenvalue weighted by molar-refractivity contribution is 9.10. The van der Waals surface area contributed by atoms with Crippen molar-refractivity contribution < 1.29 is 18.3 Å². The van der Waals surface area contributed by atoms with Crippen molar-refractivity contribution in [3.8, 4) is 0 Å². The minimum atomic E-state index is -3.49. The van der Waals surface area contributed by atoms with Crippen LogP contribution in [-0.4, -0.2) is 26.0 Å². The summed E-state index contributed by atoms with van der Waals surface area (Å²) in [5, 5.41) is 8.63. The Hall–Kier alpha value is -1.18. The van der Waals surface area contributed by atoms with E-state index in [0.717, 1.165) is 30.2 Å². The van der Waals surface area contributed by atoms with E-state index in [1.165, 1.54) is 0 Å². The highest BCUT2D eigenvalue weighted by Gasteiger charge is 2.26. The van der Waals surface area contributed by atoms with E-state index >= 15 is 0 Å². The van der Waals surface area contributed by atoms with E-state index in [2.05, 4.69) is 26.7 Å². The van der Waals surface area contributed by atoms with Crippen LogP contribution in [0.3, 0.4) is 0 Å². The van der Waals surface area contributed by atoms with Crippen molar-refractivity contribution in [1.82, 2.24) is 4.72 Å². The van der Waals surface area contributed by atoms with Gasteiger partial charge in [0.2, 0.25) is 10.0 Å². The maximum Gasteiger partial charge on any atom is 0.303 e. The smallest absolute Gasteiger partial charge is 0.303 e. The minimum Gasteiger partial charge on any atom is -0.481 e. The van der Waals surface area contributed by atoms with Gasteiger partial charge in [-0.05, 0) is 61.8 Å². The van der Waals surface area contributed by atoms with Crippen LogP contribution >= 0.6 is 15.9 Å². The lowest BCUT2D eigenvalue weighted by Crippen LogP contribution is -2.30. The number of nitrogens with one attached hydrogen (secondary N) is 1. The molecule has 2 rings (SSSR count). The van der Waals surface area contributed by atoms with Crippen LogP contribution in [0.1, 0.15) is 38.5 Å². The van der Waals surface area contributed by atoms with Gasteiger partial charge in [-0.1, -0.05) is 34.5 Å². The van der Waals surface area contributed by atoms with E-state index < -0.39 is 16.0 Å². The molecule has 5 nitrogen and oxygen atoms in total. The van der Waals surface area contributed by atoms with Crippen molar-refractivity contribution in [1.29, 1.82) is 0 Å². The number of sulfonamides is 1. The zero-order valence-corrected chi connectivity index (χ0v) is 16.4. The van der Waals surface area contributed by atoms with Gasteiger partial charge >= 0.3 is 5.97 Å². The number of hydrogen-bond acceptors (Lipinski definition) is 3. The predicted octanol–water partition coefficient (Wildman–Crippen LogP) is 3.95. The fourth-order valence-electron chi connectivity index (χ4n) is 3.13. The van der Waals surface area contributed by atoms with Gasteiger partial charge in [0.25, 0.3) is 0 Å². The summed E-state index contributed by atoms with van der Waals surface area (Å²) in [6.45, 7) is 0.433. The number of carboxylic acid groups (broad SMARTS) is 1. The summed E-state index contributed by atoms with van der Waals surface area (Å²) in [6, 6.07) is 6.60. The Kier molecular flexibility index (Phi) is 7.65. The Labute approximate surface area is 157 Å². The summed E-state index contributed by atoms with van der Waals surface area (Å²) in [5.74, 6) is -0.118. The van der Waals surface area contributed by atoms with Crippen molar-refractivity contribution in [3.05, 3.63) is 40.9 Å². The first-order valence-corrected chi connectivity index (χ1v) is 10.8. The third kappa shape index (κ3) is 6.56. The predicted molar refractivity (Wildman–Crippen MR) is 101 cm³/mol. The fourth-order valence-corrected chi connectivity index (χ4v) is 4.49. The monoisotopic (exact) mass is 429 g/mol. The van der Waals surface area contributed by atoms with E-state index in [1.807, 2.05) is 6.08 Å². The molecule has 1 fully saturated rings. The second kappa shape index (κ2) is 9.50. The molecule has 2 N–H and O–H groups in total. The number of unbranched alkanes of at least 4 members (excludes halogenated alkanes) is 1. The van der Waals surface area contributed by atoms with Crippen LogP contribution in [0.5, 0.6) is 0 Å². The van der Waals surface area contributed by atoms with Crippen molar-refractivity contribution >= 4 is 31.9 Å². The summed E-state index contributed by atoms with van der Waals surface area (Å²) in [5.41, 5.74) is 0. The molecule has 0 radical (unpaired) electrons. The maximum atomic E-state index is 12.4. The van der Waals surface area contributed by atoms with Gasteiger partial charge in [0.05, 0.1) is 4.90 Å². The molecule has 2 unspecified atom stereocenters. The molecule has 2 atom stereocenters. The Bertz CT molecular complexity index is 700. The first-order valence-electron chi connectivity index (χ1n) is 8.52. The van der Waals surface area contributed by atoms with Crippen molar-refractivity contribution in [2.24, 2.45) is 11.8 Å². The third-order valence-corrected chi connectivity index (χ3v) is 6.49. The van der Waals surface area contributed by atoms with E-state index in [1.54, 1.807) is 24.3 Å². The Morgan fingerprint density at radius 2 is 2.00 bits per heavy atom. The molecule has 0 bridgehead atoms. The molecule has 1 aliphatic rings. The minimum absolute atomic E-state index is 0.186. The van der Waals surface area contributed by atoms with Crippen LogP contribution in [0.25, 0.3) is 0 Å². The molecule has 0 spiro atoms. The molecule has 0 heterocycles. The van der Waals surface area contributed by atoms with Gasteiger partial charge in [0.15, 0.2) is 0 Å². The summed E-state index contributed by atoms with van der Waals surface area (Å²) >= 11 is 3.30. The second-order valence-corrected chi connectivity index (χ2v) is 9.06. The first-order chi connectivity index (χ1) is 11.9. The molecular formula is C18H24BrNO4S. The summed E-state index contributed by atoms with van der Waals surface area (Å²) in [6.07, 6.45) is 8.90. The van der Waals surface area contributed by atoms with Crippen molar-refractivity contribution in [3.63, 3.8) is 0 Å². The Morgan fingerprint density at radius 3 is 2.68 bits per heavy atom. The first kappa shape index (κ1) is 20.1. The van der Waals surface area contributed by atoms with Crippen LogP contribution < -0.4 is 4.72 Å². The molecule has 0 aromatic heterocycles. The lowest BCUT2D eigenvalue weighted by Gasteiger charge is -2.17. The molecule has 1 aromatic rings. The molecule has 7 heteroatoms. The third-order valence-electron chi connectivity index (χ3n) is 4.52. The molecule has 1 saturated carbocycles. The van der Waals surface area contributed by atoms with Crippen LogP contribution in [0.2, 0.25) is 0 Å². The number of benzene rings is 1. The second-order valence-electron chi connectivity index (χ2n) is 6.37. The fraction of sp³-hybridized carbons (Fsp3) is 0.500. The normalized spacial score (nSPS) is 21.0. The molecular weight excluding hydrogens is 406 g/mol. The van der Waals surface area contributed by atoms with Gasteiger partial charge in [0.1, 0.15) is 0 Å². The number of aliphatic carboxylic acids is 1. The van der Waals surface area contributed by atoms with E-state index in [-0.39, 0.29) is 11.3 Å². The number of rotatable bonds is 9. The highest BCUT2D eigenvalue weighted by Crippen LogP contribution is 2.32. The lowest BCUT2D eigenvalue weighted by atomic mass is 9.95. The average molecular weight is 430 g/mol. The molecule has 1 aliphatic carbocycles. The average Bonchev–Trinajstić information content (AvgIpc) is 3.00. The van der Waals surface area contributed by atoms with Crippen LogP contribution in [-0.2, 0) is 14.8 Å². The molecule has 0 saturated heterocycles. The van der Waals surface area contributed by atoms with Gasteiger partial charge in [-0.25, -0.2) is 13.1 Å². The van der Waals surface area contributed by atoms with E-state index in [9.17, 15) is 13.2 Å². The summed E-state index contributed by atoms with van der Waals surface area (Å²) in [7, 11) is -3.49. The Morgan fingerprint density at radius 1 is 1.28 bits per heavy atom. The number of carbonyl (C=O) groups is 1. The number of carboxylic acids is 1. The quantitative estimate of drug-likeness (QED) is 0.459. The summed E-state index contributed by atoms with van der Waals surface area (Å²) in [4.78, 5) is 10.8. The number of allylic oxidation sites excluding steroid dienone is 2. The van der Waals surface area contributed by atoms with E-state index in [4.69, 9.17) is 5.11 Å². The Balaban J connectivity index is 1.85. The van der Waals surface area contributed by atoms with Gasteiger partial charge in [-0.3, -0.25) is 4.79 Å². The molecule has 25 heavy (non-hydrogen) atoms. The van der Waals surface area contributed by atoms with Crippen LogP contribution in [0, 0.1) is 11.8 Å². The maximum absolute atomic E-state index is 12.4. The van der Waals surface area contributed by atoms with Crippen LogP contribution in [0.15, 0.2) is 45.8 Å². The molecule has 0 aliphatic heterocycles. The van der Waals surface area contributed by atoms with E-state index in [0.29, 0.717) is 24.8 Å². The lowest BCUT2D eigenvalue weighted by molar-refractivity contribution is -0.137. The van der Waals surface area contributed by atoms with Gasteiger partial charge in [-0.15, -0.1) is 0 Å². The molecule has 138 valence electrons. The van der Waals surface area contributed by atoms with Gasteiger partial charge < -0.3 is 5.11 Å². The standard InChI is InChI=1S/C18H24BrNO4S/c19-16-9-11-17(12-10-16)25(23,24)20-13-15-7-4-6-14(15)5-2-1-3-8-18(21)22/h2,5,9-12,14-15,20H,1,3-4,6-8,13H2,(H,21,22)/b5-2-. The summed E-state index contributed by atoms with van der Waals surface area (Å²) < 4.78 is 28.3. The largest absolute Gasteiger partial charge is 0.481 e. The van der Waals surface area contributed by atoms with Crippen molar-refractivity contribution in [2.45, 2.75) is 43.4 Å². The molecule has 1 aromatic carbocycles. The highest BCUT2D eigenvalue weighted by atomic mass is 79.9. The molecule has 0 amide bonds. The van der Waals surface area contributed by atoms with Crippen LogP contribution in [0.4, 0.5) is 0 Å². The zero-order valence-electron chi connectivity index (χ0n) is 14.0. The number of hydrogen-bond donors (Lipinski definition) is 2. The SMILES string of the molecule is O=C(O)CCC/C=C\C1CCCC1CNS(=O)(=O)c1ccc(Br)cc1. The van der Waals surface area contributed by atoms with Gasteiger partial charge in [-0.2, -0.15) is 0 Å². The van der Waals surface area contributed by atoms with Crippen molar-refractivity contribution in [2.75, 3.05) is 6.54 Å². The number of halogens is 1.